The lowest BCUT2D eigenvalue weighted by atomic mass is 10.3. The Hall–Kier alpha value is -2.08. The van der Waals surface area contributed by atoms with Crippen molar-refractivity contribution in [1.82, 2.24) is 9.97 Å². The number of rotatable bonds is 4. The molecule has 19 heavy (non-hydrogen) atoms. The number of ketones is 1. The highest BCUT2D eigenvalue weighted by Gasteiger charge is 2.10. The van der Waals surface area contributed by atoms with Crippen molar-refractivity contribution >= 4 is 28.0 Å². The van der Waals surface area contributed by atoms with Gasteiger partial charge in [-0.15, -0.1) is 0 Å². The fraction of sp³-hybridized carbons (Fsp3) is 0.231. The topological polar surface area (TPSA) is 67.2 Å². The molecule has 0 aliphatic carbocycles. The number of hydrazone groups is 1. The third-order valence-corrected chi connectivity index (χ3v) is 3.63. The van der Waals surface area contributed by atoms with Crippen molar-refractivity contribution < 1.29 is 4.79 Å². The SMILES string of the molecule is CC(=O)c1sc(N/N=C(\C)c2ccccn2)nc1C. The Bertz CT molecular complexity index is 619. The molecule has 98 valence electrons. The van der Waals surface area contributed by atoms with Crippen LogP contribution in [-0.4, -0.2) is 21.5 Å². The van der Waals surface area contributed by atoms with Crippen LogP contribution in [0.15, 0.2) is 29.5 Å². The van der Waals surface area contributed by atoms with Gasteiger partial charge in [0.15, 0.2) is 5.78 Å². The number of aryl methyl sites for hydroxylation is 1. The molecule has 0 saturated carbocycles. The van der Waals surface area contributed by atoms with E-state index in [1.54, 1.807) is 6.20 Å². The molecule has 0 aliphatic rings. The van der Waals surface area contributed by atoms with E-state index in [1.807, 2.05) is 32.0 Å². The summed E-state index contributed by atoms with van der Waals surface area (Å²) in [5.41, 5.74) is 5.15. The maximum atomic E-state index is 11.3. The molecule has 5 nitrogen and oxygen atoms in total. The van der Waals surface area contributed by atoms with Crippen LogP contribution in [0.5, 0.6) is 0 Å². The summed E-state index contributed by atoms with van der Waals surface area (Å²) in [6, 6.07) is 5.64. The van der Waals surface area contributed by atoms with Crippen molar-refractivity contribution in [1.29, 1.82) is 0 Å². The molecule has 0 amide bonds. The van der Waals surface area contributed by atoms with Crippen LogP contribution in [0.1, 0.15) is 34.9 Å². The summed E-state index contributed by atoms with van der Waals surface area (Å²) in [7, 11) is 0. The van der Waals surface area contributed by atoms with Crippen molar-refractivity contribution in [3.8, 4) is 0 Å². The fourth-order valence-corrected chi connectivity index (χ4v) is 2.34. The second-order valence-electron chi connectivity index (χ2n) is 4.01. The molecular formula is C13H14N4OS. The van der Waals surface area contributed by atoms with E-state index in [1.165, 1.54) is 18.3 Å². The standard InChI is InChI=1S/C13H14N4OS/c1-8(11-6-4-5-7-14-11)16-17-13-15-9(2)12(19-13)10(3)18/h4-7H,1-3H3,(H,15,17)/b16-8+. The highest BCUT2D eigenvalue weighted by molar-refractivity contribution is 7.17. The second kappa shape index (κ2) is 5.71. The third-order valence-electron chi connectivity index (χ3n) is 2.47. The van der Waals surface area contributed by atoms with E-state index in [4.69, 9.17) is 0 Å². The van der Waals surface area contributed by atoms with Gasteiger partial charge < -0.3 is 0 Å². The van der Waals surface area contributed by atoms with Gasteiger partial charge in [-0.25, -0.2) is 4.98 Å². The van der Waals surface area contributed by atoms with E-state index in [9.17, 15) is 4.79 Å². The minimum absolute atomic E-state index is 0.0217. The highest BCUT2D eigenvalue weighted by Crippen LogP contribution is 2.22. The number of thiazole rings is 1. The number of Topliss-reactive ketones (excluding diaryl/α,β-unsaturated/α-hetero) is 1. The number of carbonyl (C=O) groups is 1. The van der Waals surface area contributed by atoms with Gasteiger partial charge >= 0.3 is 0 Å². The molecule has 2 heterocycles. The zero-order valence-corrected chi connectivity index (χ0v) is 11.8. The number of anilines is 1. The van der Waals surface area contributed by atoms with E-state index in [2.05, 4.69) is 20.5 Å². The molecule has 1 N–H and O–H groups in total. The molecule has 2 aromatic heterocycles. The number of aromatic nitrogens is 2. The van der Waals surface area contributed by atoms with Crippen LogP contribution in [0, 0.1) is 6.92 Å². The number of carbonyl (C=O) groups excluding carboxylic acids is 1. The van der Waals surface area contributed by atoms with Crippen molar-refractivity contribution in [2.24, 2.45) is 5.10 Å². The molecule has 0 saturated heterocycles. The molecule has 0 aromatic carbocycles. The van der Waals surface area contributed by atoms with Crippen LogP contribution in [0.25, 0.3) is 0 Å². The Morgan fingerprint density at radius 3 is 2.74 bits per heavy atom. The van der Waals surface area contributed by atoms with Gasteiger partial charge in [-0.3, -0.25) is 15.2 Å². The van der Waals surface area contributed by atoms with Gasteiger partial charge in [0.2, 0.25) is 5.13 Å². The Kier molecular flexibility index (Phi) is 4.01. The molecule has 0 spiro atoms. The zero-order valence-electron chi connectivity index (χ0n) is 11.0. The maximum absolute atomic E-state index is 11.3. The van der Waals surface area contributed by atoms with Gasteiger partial charge in [0.05, 0.1) is 22.0 Å². The van der Waals surface area contributed by atoms with Crippen LogP contribution < -0.4 is 5.43 Å². The smallest absolute Gasteiger partial charge is 0.204 e. The van der Waals surface area contributed by atoms with E-state index in [-0.39, 0.29) is 5.78 Å². The number of nitrogens with zero attached hydrogens (tertiary/aromatic N) is 3. The molecule has 0 unspecified atom stereocenters. The average molecular weight is 274 g/mol. The minimum Gasteiger partial charge on any atom is -0.294 e. The summed E-state index contributed by atoms with van der Waals surface area (Å²) in [6.07, 6.45) is 1.72. The highest BCUT2D eigenvalue weighted by atomic mass is 32.1. The molecule has 2 rings (SSSR count). The Morgan fingerprint density at radius 1 is 1.37 bits per heavy atom. The molecule has 0 fully saturated rings. The molecule has 0 atom stereocenters. The second-order valence-corrected chi connectivity index (χ2v) is 5.01. The van der Waals surface area contributed by atoms with Gasteiger partial charge in [0.25, 0.3) is 0 Å². The molecule has 0 bridgehead atoms. The normalized spacial score (nSPS) is 11.4. The van der Waals surface area contributed by atoms with E-state index in [0.29, 0.717) is 10.0 Å². The zero-order chi connectivity index (χ0) is 13.8. The molecular weight excluding hydrogens is 260 g/mol. The van der Waals surface area contributed by atoms with Gasteiger partial charge in [-0.2, -0.15) is 5.10 Å². The first-order chi connectivity index (χ1) is 9.08. The maximum Gasteiger partial charge on any atom is 0.204 e. The summed E-state index contributed by atoms with van der Waals surface area (Å²) in [6.45, 7) is 5.21. The number of nitrogens with one attached hydrogen (secondary N) is 1. The summed E-state index contributed by atoms with van der Waals surface area (Å²) in [4.78, 5) is 20.5. The van der Waals surface area contributed by atoms with Gasteiger partial charge in [0, 0.05) is 13.1 Å². The monoisotopic (exact) mass is 274 g/mol. The minimum atomic E-state index is 0.0217. The predicted molar refractivity (Wildman–Crippen MR) is 76.9 cm³/mol. The van der Waals surface area contributed by atoms with Gasteiger partial charge in [-0.05, 0) is 26.0 Å². The Balaban J connectivity index is 2.14. The summed E-state index contributed by atoms with van der Waals surface area (Å²) >= 11 is 1.31. The Labute approximate surface area is 115 Å². The van der Waals surface area contributed by atoms with Crippen molar-refractivity contribution in [2.75, 3.05) is 5.43 Å². The first-order valence-electron chi connectivity index (χ1n) is 5.78. The first kappa shape index (κ1) is 13.4. The van der Waals surface area contributed by atoms with E-state index < -0.39 is 0 Å². The van der Waals surface area contributed by atoms with Crippen LogP contribution in [0.4, 0.5) is 5.13 Å². The molecule has 6 heteroatoms. The number of hydrogen-bond acceptors (Lipinski definition) is 6. The van der Waals surface area contributed by atoms with E-state index in [0.717, 1.165) is 17.1 Å². The quantitative estimate of drug-likeness (QED) is 0.529. The molecule has 0 aliphatic heterocycles. The van der Waals surface area contributed by atoms with Crippen molar-refractivity contribution in [3.63, 3.8) is 0 Å². The lowest BCUT2D eigenvalue weighted by Crippen LogP contribution is -2.01. The summed E-state index contributed by atoms with van der Waals surface area (Å²) in [5.74, 6) is 0.0217. The lowest BCUT2D eigenvalue weighted by molar-refractivity contribution is 0.102. The molecule has 2 aromatic rings. The van der Waals surface area contributed by atoms with Gasteiger partial charge in [-0.1, -0.05) is 17.4 Å². The average Bonchev–Trinajstić information content (AvgIpc) is 2.78. The van der Waals surface area contributed by atoms with Crippen LogP contribution in [0.3, 0.4) is 0 Å². The number of hydrogen-bond donors (Lipinski definition) is 1. The van der Waals surface area contributed by atoms with Crippen LogP contribution in [0.2, 0.25) is 0 Å². The fourth-order valence-electron chi connectivity index (χ4n) is 1.54. The van der Waals surface area contributed by atoms with Crippen molar-refractivity contribution in [3.05, 3.63) is 40.7 Å². The molecule has 0 radical (unpaired) electrons. The largest absolute Gasteiger partial charge is 0.294 e. The predicted octanol–water partition coefficient (Wildman–Crippen LogP) is 2.89. The summed E-state index contributed by atoms with van der Waals surface area (Å²) in [5, 5.41) is 4.83. The number of pyridine rings is 1. The lowest BCUT2D eigenvalue weighted by Gasteiger charge is -1.99. The third kappa shape index (κ3) is 3.23. The van der Waals surface area contributed by atoms with Crippen LogP contribution >= 0.6 is 11.3 Å². The summed E-state index contributed by atoms with van der Waals surface area (Å²) < 4.78 is 0. The Morgan fingerprint density at radius 2 is 2.16 bits per heavy atom. The van der Waals surface area contributed by atoms with Crippen LogP contribution in [-0.2, 0) is 0 Å². The van der Waals surface area contributed by atoms with Crippen molar-refractivity contribution in [2.45, 2.75) is 20.8 Å². The first-order valence-corrected chi connectivity index (χ1v) is 6.59. The van der Waals surface area contributed by atoms with E-state index >= 15 is 0 Å². The van der Waals surface area contributed by atoms with Gasteiger partial charge in [0.1, 0.15) is 0 Å².